The molecular formula is C18H24N4O3. The van der Waals surface area contributed by atoms with Gasteiger partial charge in [-0.3, -0.25) is 4.79 Å². The SMILES string of the molecule is CCc1nccn1CC1(CNC(=O)c2ccc(OC)nc2OC)CC1. The standard InChI is InChI=1S/C18H24N4O3/c1-4-14-19-9-10-22(14)12-18(7-8-18)11-20-16(23)13-5-6-15(24-2)21-17(13)25-3/h5-6,9-10H,4,7-8,11-12H2,1-3H3,(H,20,23). The Morgan fingerprint density at radius 1 is 1.32 bits per heavy atom. The van der Waals surface area contributed by atoms with Gasteiger partial charge in [-0.05, 0) is 18.9 Å². The van der Waals surface area contributed by atoms with Crippen molar-refractivity contribution < 1.29 is 14.3 Å². The van der Waals surface area contributed by atoms with Gasteiger partial charge in [-0.2, -0.15) is 4.98 Å². The second kappa shape index (κ2) is 7.13. The summed E-state index contributed by atoms with van der Waals surface area (Å²) in [7, 11) is 3.02. The molecule has 0 atom stereocenters. The van der Waals surface area contributed by atoms with Gasteiger partial charge in [0.15, 0.2) is 0 Å². The van der Waals surface area contributed by atoms with Crippen LogP contribution in [0.2, 0.25) is 0 Å². The molecule has 1 N–H and O–H groups in total. The van der Waals surface area contributed by atoms with E-state index in [1.165, 1.54) is 14.2 Å². The second-order valence-corrected chi connectivity index (χ2v) is 6.42. The molecule has 7 nitrogen and oxygen atoms in total. The molecule has 134 valence electrons. The van der Waals surface area contributed by atoms with Crippen LogP contribution in [0, 0.1) is 5.41 Å². The number of rotatable bonds is 8. The number of amides is 1. The van der Waals surface area contributed by atoms with Crippen LogP contribution >= 0.6 is 0 Å². The molecule has 0 saturated heterocycles. The lowest BCUT2D eigenvalue weighted by atomic mass is 10.1. The van der Waals surface area contributed by atoms with Crippen molar-refractivity contribution in [1.82, 2.24) is 19.9 Å². The largest absolute Gasteiger partial charge is 0.481 e. The van der Waals surface area contributed by atoms with Crippen molar-refractivity contribution >= 4 is 5.91 Å². The smallest absolute Gasteiger partial charge is 0.256 e. The maximum absolute atomic E-state index is 12.5. The molecule has 1 aliphatic rings. The molecule has 2 aromatic rings. The number of hydrogen-bond donors (Lipinski definition) is 1. The highest BCUT2D eigenvalue weighted by atomic mass is 16.5. The van der Waals surface area contributed by atoms with Crippen LogP contribution in [0.5, 0.6) is 11.8 Å². The summed E-state index contributed by atoms with van der Waals surface area (Å²) in [4.78, 5) is 21.1. The zero-order valence-corrected chi connectivity index (χ0v) is 14.9. The third kappa shape index (κ3) is 3.75. The van der Waals surface area contributed by atoms with E-state index in [-0.39, 0.29) is 17.2 Å². The number of carbonyl (C=O) groups excluding carboxylic acids is 1. The fourth-order valence-electron chi connectivity index (χ4n) is 2.96. The number of pyridine rings is 1. The highest BCUT2D eigenvalue weighted by molar-refractivity contribution is 5.96. The van der Waals surface area contributed by atoms with E-state index in [4.69, 9.17) is 9.47 Å². The maximum atomic E-state index is 12.5. The van der Waals surface area contributed by atoms with Crippen molar-refractivity contribution in [2.24, 2.45) is 5.41 Å². The van der Waals surface area contributed by atoms with Crippen LogP contribution in [0.4, 0.5) is 0 Å². The van der Waals surface area contributed by atoms with Crippen LogP contribution < -0.4 is 14.8 Å². The third-order valence-corrected chi connectivity index (χ3v) is 4.69. The Morgan fingerprint density at radius 2 is 2.12 bits per heavy atom. The zero-order valence-electron chi connectivity index (χ0n) is 14.9. The quantitative estimate of drug-likeness (QED) is 0.793. The first-order chi connectivity index (χ1) is 12.1. The molecule has 2 aromatic heterocycles. The highest BCUT2D eigenvalue weighted by Gasteiger charge is 2.43. The van der Waals surface area contributed by atoms with Crippen LogP contribution in [0.25, 0.3) is 0 Å². The van der Waals surface area contributed by atoms with Crippen molar-refractivity contribution in [2.45, 2.75) is 32.7 Å². The highest BCUT2D eigenvalue weighted by Crippen LogP contribution is 2.46. The molecular weight excluding hydrogens is 320 g/mol. The van der Waals surface area contributed by atoms with Gasteiger partial charge < -0.3 is 19.4 Å². The summed E-state index contributed by atoms with van der Waals surface area (Å²) in [5.74, 6) is 1.59. The van der Waals surface area contributed by atoms with E-state index >= 15 is 0 Å². The van der Waals surface area contributed by atoms with Crippen LogP contribution in [-0.2, 0) is 13.0 Å². The molecule has 25 heavy (non-hydrogen) atoms. The molecule has 1 amide bonds. The minimum Gasteiger partial charge on any atom is -0.481 e. The average Bonchev–Trinajstić information content (AvgIpc) is 3.27. The van der Waals surface area contributed by atoms with E-state index in [1.807, 2.05) is 12.4 Å². The minimum absolute atomic E-state index is 0.118. The normalized spacial score (nSPS) is 14.8. The van der Waals surface area contributed by atoms with Crippen LogP contribution in [0.15, 0.2) is 24.5 Å². The minimum atomic E-state index is -0.181. The Bertz CT molecular complexity index is 753. The summed E-state index contributed by atoms with van der Waals surface area (Å²) in [6.45, 7) is 3.61. The average molecular weight is 344 g/mol. The van der Waals surface area contributed by atoms with Crippen molar-refractivity contribution in [3.63, 3.8) is 0 Å². The summed E-state index contributed by atoms with van der Waals surface area (Å²) in [6.07, 6.45) is 6.96. The summed E-state index contributed by atoms with van der Waals surface area (Å²) < 4.78 is 12.5. The number of nitrogens with zero attached hydrogens (tertiary/aromatic N) is 3. The Labute approximate surface area is 147 Å². The monoisotopic (exact) mass is 344 g/mol. The molecule has 7 heteroatoms. The number of aryl methyl sites for hydroxylation is 1. The molecule has 0 bridgehead atoms. The Hall–Kier alpha value is -2.57. The molecule has 3 rings (SSSR count). The number of ether oxygens (including phenoxy) is 2. The Balaban J connectivity index is 1.64. The first-order valence-electron chi connectivity index (χ1n) is 8.48. The summed E-state index contributed by atoms with van der Waals surface area (Å²) >= 11 is 0. The van der Waals surface area contributed by atoms with Gasteiger partial charge in [0.25, 0.3) is 5.91 Å². The predicted molar refractivity (Wildman–Crippen MR) is 92.9 cm³/mol. The van der Waals surface area contributed by atoms with Gasteiger partial charge in [-0.1, -0.05) is 6.92 Å². The van der Waals surface area contributed by atoms with Crippen molar-refractivity contribution in [3.05, 3.63) is 35.9 Å². The summed E-state index contributed by atoms with van der Waals surface area (Å²) in [6, 6.07) is 3.33. The van der Waals surface area contributed by atoms with Crippen molar-refractivity contribution in [3.8, 4) is 11.8 Å². The van der Waals surface area contributed by atoms with Crippen LogP contribution in [-0.4, -0.2) is 41.2 Å². The van der Waals surface area contributed by atoms with Gasteiger partial charge in [0.1, 0.15) is 11.4 Å². The zero-order chi connectivity index (χ0) is 17.9. The van der Waals surface area contributed by atoms with E-state index in [0.29, 0.717) is 18.0 Å². The molecule has 0 aliphatic heterocycles. The molecule has 0 aromatic carbocycles. The van der Waals surface area contributed by atoms with Gasteiger partial charge in [0.05, 0.1) is 14.2 Å². The Kier molecular flexibility index (Phi) is 4.92. The van der Waals surface area contributed by atoms with Gasteiger partial charge >= 0.3 is 0 Å². The Morgan fingerprint density at radius 3 is 2.76 bits per heavy atom. The van der Waals surface area contributed by atoms with Gasteiger partial charge in [-0.25, -0.2) is 4.98 Å². The number of hydrogen-bond acceptors (Lipinski definition) is 5. The molecule has 1 fully saturated rings. The fourth-order valence-corrected chi connectivity index (χ4v) is 2.96. The number of aromatic nitrogens is 3. The molecule has 0 radical (unpaired) electrons. The first-order valence-corrected chi connectivity index (χ1v) is 8.48. The maximum Gasteiger partial charge on any atom is 0.256 e. The van der Waals surface area contributed by atoms with E-state index < -0.39 is 0 Å². The number of methoxy groups -OCH3 is 2. The van der Waals surface area contributed by atoms with Crippen molar-refractivity contribution in [2.75, 3.05) is 20.8 Å². The van der Waals surface area contributed by atoms with E-state index in [9.17, 15) is 4.79 Å². The fraction of sp³-hybridized carbons (Fsp3) is 0.500. The summed E-state index contributed by atoms with van der Waals surface area (Å²) in [5.41, 5.74) is 0.531. The lowest BCUT2D eigenvalue weighted by molar-refractivity contribution is 0.0939. The lowest BCUT2D eigenvalue weighted by Gasteiger charge is -2.18. The van der Waals surface area contributed by atoms with E-state index in [0.717, 1.165) is 31.6 Å². The molecule has 2 heterocycles. The lowest BCUT2D eigenvalue weighted by Crippen LogP contribution is -2.32. The van der Waals surface area contributed by atoms with Gasteiger partial charge in [-0.15, -0.1) is 0 Å². The topological polar surface area (TPSA) is 78.3 Å². The summed E-state index contributed by atoms with van der Waals surface area (Å²) in [5, 5.41) is 3.03. The van der Waals surface area contributed by atoms with Crippen LogP contribution in [0.3, 0.4) is 0 Å². The third-order valence-electron chi connectivity index (χ3n) is 4.69. The molecule has 1 saturated carbocycles. The molecule has 0 unspecified atom stereocenters. The number of carbonyl (C=O) groups is 1. The predicted octanol–water partition coefficient (Wildman–Crippen LogP) is 2.07. The van der Waals surface area contributed by atoms with Gasteiger partial charge in [0, 0.05) is 43.4 Å². The van der Waals surface area contributed by atoms with Gasteiger partial charge in [0.2, 0.25) is 11.8 Å². The van der Waals surface area contributed by atoms with Crippen molar-refractivity contribution in [1.29, 1.82) is 0 Å². The molecule has 0 spiro atoms. The number of imidazole rings is 1. The second-order valence-electron chi connectivity index (χ2n) is 6.42. The van der Waals surface area contributed by atoms with E-state index in [2.05, 4.69) is 26.8 Å². The van der Waals surface area contributed by atoms with E-state index in [1.54, 1.807) is 12.1 Å². The number of nitrogens with one attached hydrogen (secondary N) is 1. The first kappa shape index (κ1) is 17.3. The van der Waals surface area contributed by atoms with Crippen LogP contribution in [0.1, 0.15) is 35.9 Å². The molecule has 1 aliphatic carbocycles.